The molecule has 16 nitrogen and oxygen atoms in total. The molecule has 5 aromatic rings. The Morgan fingerprint density at radius 1 is 0.698 bits per heavy atom. The topological polar surface area (TPSA) is 162 Å². The molecule has 0 spiro atoms. The standard InChI is InChI=1S/C69H88N6O10S/c1-68(2,86-32-18-25-65(76)72-69(3,4)51-21-12-10-8-9-11-13-22-51)46-73(26-27-82-30-31-83-29-28-79-5)52-34-47(44-84-63-40-57-55(38-61(63)80-6)66(77)74-53(42-70-57)36-49-19-14-16-23-59(49)74)33-48(35-52)45-85-64-41-58-56(39-62(64)81-7)67(78)75-54(43-71-58)37-50-20-15-17-24-60(50)75/h14-17,19-20,23-24,33-35,38-42,51,53-54,71H,8-13,18,21-22,25-32,36-37,43-46H2,1-7H3,(H,72,76)/t53-,54-/m0/s1. The van der Waals surface area contributed by atoms with E-state index >= 15 is 0 Å². The molecule has 4 heterocycles. The Balaban J connectivity index is 0.901. The molecule has 1 aliphatic carbocycles. The number of aliphatic imine (C=N–C) groups is 1. The number of anilines is 4. The van der Waals surface area contributed by atoms with Crippen molar-refractivity contribution in [3.8, 4) is 23.0 Å². The predicted octanol–water partition coefficient (Wildman–Crippen LogP) is 12.6. The molecular formula is C69H88N6O10S. The molecule has 460 valence electrons. The van der Waals surface area contributed by atoms with Crippen LogP contribution in [0.3, 0.4) is 0 Å². The van der Waals surface area contributed by atoms with Gasteiger partial charge < -0.3 is 53.6 Å². The van der Waals surface area contributed by atoms with Crippen molar-refractivity contribution in [1.29, 1.82) is 0 Å². The van der Waals surface area contributed by atoms with Crippen LogP contribution in [0.4, 0.5) is 28.4 Å². The Bertz CT molecular complexity index is 3190. The summed E-state index contributed by atoms with van der Waals surface area (Å²) < 4.78 is 42.3. The van der Waals surface area contributed by atoms with E-state index in [-0.39, 0.29) is 53.3 Å². The monoisotopic (exact) mass is 1190 g/mol. The van der Waals surface area contributed by atoms with Gasteiger partial charge in [-0.3, -0.25) is 24.3 Å². The summed E-state index contributed by atoms with van der Waals surface area (Å²) in [5, 5.41) is 7.03. The number of hydrogen-bond donors (Lipinski definition) is 2. The van der Waals surface area contributed by atoms with E-state index in [1.165, 1.54) is 51.4 Å². The lowest BCUT2D eigenvalue weighted by Crippen LogP contribution is -2.49. The number of amides is 3. The van der Waals surface area contributed by atoms with Crippen LogP contribution in [0.25, 0.3) is 0 Å². The van der Waals surface area contributed by atoms with E-state index in [2.05, 4.69) is 73.6 Å². The summed E-state index contributed by atoms with van der Waals surface area (Å²) in [6, 6.07) is 29.4. The number of benzene rings is 5. The van der Waals surface area contributed by atoms with Gasteiger partial charge in [-0.15, -0.1) is 0 Å². The summed E-state index contributed by atoms with van der Waals surface area (Å²) in [6.07, 6.45) is 14.6. The third-order valence-corrected chi connectivity index (χ3v) is 18.8. The molecule has 5 aliphatic rings. The highest BCUT2D eigenvalue weighted by atomic mass is 32.2. The van der Waals surface area contributed by atoms with Crippen molar-refractivity contribution in [3.63, 3.8) is 0 Å². The van der Waals surface area contributed by atoms with Gasteiger partial charge in [-0.05, 0) is 130 Å². The minimum atomic E-state index is -0.249. The van der Waals surface area contributed by atoms with Gasteiger partial charge in [-0.25, -0.2) is 0 Å². The third-order valence-electron chi connectivity index (χ3n) is 17.4. The molecule has 2 atom stereocenters. The maximum atomic E-state index is 14.4. The van der Waals surface area contributed by atoms with Crippen molar-refractivity contribution >= 4 is 64.1 Å². The summed E-state index contributed by atoms with van der Waals surface area (Å²) in [5.41, 5.74) is 8.70. The van der Waals surface area contributed by atoms with Crippen LogP contribution in [0.15, 0.2) is 96.0 Å². The average molecular weight is 1190 g/mol. The van der Waals surface area contributed by atoms with Crippen LogP contribution >= 0.6 is 11.8 Å². The Kier molecular flexibility index (Phi) is 20.9. The lowest BCUT2D eigenvalue weighted by molar-refractivity contribution is -0.123. The van der Waals surface area contributed by atoms with Crippen molar-refractivity contribution in [2.24, 2.45) is 10.9 Å². The van der Waals surface area contributed by atoms with Gasteiger partial charge in [0.05, 0.1) is 81.8 Å². The smallest absolute Gasteiger partial charge is 0.261 e. The highest BCUT2D eigenvalue weighted by molar-refractivity contribution is 8.00. The van der Waals surface area contributed by atoms with E-state index in [0.29, 0.717) is 117 Å². The minimum Gasteiger partial charge on any atom is -0.493 e. The third kappa shape index (κ3) is 15.1. The Hall–Kier alpha value is -6.79. The number of rotatable bonds is 27. The maximum Gasteiger partial charge on any atom is 0.261 e. The molecule has 17 heteroatoms. The molecule has 0 aromatic heterocycles. The van der Waals surface area contributed by atoms with E-state index in [9.17, 15) is 14.4 Å². The summed E-state index contributed by atoms with van der Waals surface area (Å²) >= 11 is 1.87. The van der Waals surface area contributed by atoms with Gasteiger partial charge >= 0.3 is 0 Å². The molecule has 3 amide bonds. The Morgan fingerprint density at radius 3 is 1.99 bits per heavy atom. The van der Waals surface area contributed by atoms with E-state index < -0.39 is 0 Å². The van der Waals surface area contributed by atoms with Gasteiger partial charge in [0.15, 0.2) is 23.0 Å². The van der Waals surface area contributed by atoms with Crippen molar-refractivity contribution < 1.29 is 47.5 Å². The van der Waals surface area contributed by atoms with Crippen LogP contribution in [-0.2, 0) is 45.1 Å². The van der Waals surface area contributed by atoms with Crippen LogP contribution < -0.4 is 44.3 Å². The predicted molar refractivity (Wildman–Crippen MR) is 343 cm³/mol. The van der Waals surface area contributed by atoms with Gasteiger partial charge in [-0.1, -0.05) is 74.9 Å². The summed E-state index contributed by atoms with van der Waals surface area (Å²) in [6.45, 7) is 13.4. The number of ether oxygens (including phenoxy) is 7. The number of carbonyl (C=O) groups excluding carboxylic acids is 3. The zero-order chi connectivity index (χ0) is 60.2. The fraction of sp³-hybridized carbons (Fsp3) is 0.507. The van der Waals surface area contributed by atoms with Crippen molar-refractivity contribution in [3.05, 3.63) is 124 Å². The van der Waals surface area contributed by atoms with E-state index in [0.717, 1.165) is 57.9 Å². The molecule has 1 fully saturated rings. The fourth-order valence-corrected chi connectivity index (χ4v) is 14.0. The molecule has 1 saturated carbocycles. The molecule has 0 bridgehead atoms. The van der Waals surface area contributed by atoms with Gasteiger partial charge in [0.2, 0.25) is 5.91 Å². The number of fused-ring (bicyclic) bond motifs is 8. The van der Waals surface area contributed by atoms with Gasteiger partial charge in [0, 0.05) is 85.3 Å². The first-order chi connectivity index (χ1) is 41.7. The first-order valence-corrected chi connectivity index (χ1v) is 32.0. The van der Waals surface area contributed by atoms with E-state index in [4.69, 9.17) is 38.2 Å². The van der Waals surface area contributed by atoms with Crippen molar-refractivity contribution in [2.75, 3.05) is 99.8 Å². The average Bonchev–Trinajstić information content (AvgIpc) is 1.75. The quantitative estimate of drug-likeness (QED) is 0.0478. The van der Waals surface area contributed by atoms with Crippen LogP contribution in [0.1, 0.15) is 135 Å². The molecule has 0 saturated heterocycles. The lowest BCUT2D eigenvalue weighted by Gasteiger charge is -2.36. The zero-order valence-electron chi connectivity index (χ0n) is 51.5. The summed E-state index contributed by atoms with van der Waals surface area (Å²) in [5.74, 6) is 3.02. The Labute approximate surface area is 513 Å². The summed E-state index contributed by atoms with van der Waals surface area (Å²) in [4.78, 5) is 53.2. The van der Waals surface area contributed by atoms with Crippen LogP contribution in [0.5, 0.6) is 23.0 Å². The van der Waals surface area contributed by atoms with Crippen molar-refractivity contribution in [1.82, 2.24) is 5.32 Å². The van der Waals surface area contributed by atoms with Gasteiger partial charge in [0.25, 0.3) is 11.8 Å². The second kappa shape index (κ2) is 28.8. The number of thioether (sulfide) groups is 1. The van der Waals surface area contributed by atoms with E-state index in [1.54, 1.807) is 39.5 Å². The second-order valence-corrected chi connectivity index (χ2v) is 26.4. The zero-order valence-corrected chi connectivity index (χ0v) is 52.3. The lowest BCUT2D eigenvalue weighted by atomic mass is 9.80. The van der Waals surface area contributed by atoms with Crippen LogP contribution in [0.2, 0.25) is 0 Å². The number of carbonyl (C=O) groups is 3. The number of nitrogens with one attached hydrogen (secondary N) is 2. The largest absolute Gasteiger partial charge is 0.493 e. The SMILES string of the molecule is COCCOCCOCCN(CC(C)(C)SCCCC(=O)NC(C)(C)C1CCCCCCCC1)c1cc(COc2cc3c(cc2OC)C(=O)N2c4ccccc4C[C@H]2C=N3)cc(COc2cc3c(cc2OC)C(=O)N2c4ccccc4C[C@H]2CN3)c1. The molecule has 2 N–H and O–H groups in total. The van der Waals surface area contributed by atoms with Gasteiger partial charge in [-0.2, -0.15) is 11.8 Å². The molecule has 10 rings (SSSR count). The second-order valence-electron chi connectivity index (χ2n) is 24.6. The highest BCUT2D eigenvalue weighted by Crippen LogP contribution is 2.44. The summed E-state index contributed by atoms with van der Waals surface area (Å²) in [7, 11) is 4.83. The maximum absolute atomic E-state index is 14.4. The number of methoxy groups -OCH3 is 3. The molecule has 86 heavy (non-hydrogen) atoms. The van der Waals surface area contributed by atoms with Crippen LogP contribution in [0, 0.1) is 5.92 Å². The normalized spacial score (nSPS) is 17.5. The molecule has 0 radical (unpaired) electrons. The number of nitrogens with zero attached hydrogens (tertiary/aromatic N) is 4. The van der Waals surface area contributed by atoms with Gasteiger partial charge in [0.1, 0.15) is 13.2 Å². The number of para-hydroxylation sites is 2. The highest BCUT2D eigenvalue weighted by Gasteiger charge is 2.39. The molecule has 4 aliphatic heterocycles. The van der Waals surface area contributed by atoms with Crippen molar-refractivity contribution in [2.45, 2.75) is 140 Å². The fourth-order valence-electron chi connectivity index (χ4n) is 12.9. The molecule has 5 aromatic carbocycles. The first kappa shape index (κ1) is 62.3. The van der Waals surface area contributed by atoms with E-state index in [1.807, 2.05) is 70.2 Å². The van der Waals surface area contributed by atoms with Crippen LogP contribution in [-0.4, -0.2) is 126 Å². The Morgan fingerprint density at radius 2 is 1.30 bits per heavy atom. The number of hydrogen-bond acceptors (Lipinski definition) is 14. The molecular weight excluding hydrogens is 1100 g/mol. The minimum absolute atomic E-state index is 0.0251. The molecule has 0 unspecified atom stereocenters. The first-order valence-electron chi connectivity index (χ1n) is 31.0.